The molecular formula is C9H19Si. The maximum Gasteiger partial charge on any atom is 0.0766 e. The van der Waals surface area contributed by atoms with Crippen molar-refractivity contribution in [2.45, 2.75) is 38.9 Å². The third-order valence-corrected chi connectivity index (χ3v) is 7.75. The Labute approximate surface area is 66.4 Å². The zero-order valence-electron chi connectivity index (χ0n) is 7.48. The van der Waals surface area contributed by atoms with Crippen molar-refractivity contribution in [3.8, 4) is 0 Å². The van der Waals surface area contributed by atoms with E-state index in [-0.39, 0.29) is 0 Å². The van der Waals surface area contributed by atoms with Crippen molar-refractivity contribution in [1.82, 2.24) is 0 Å². The van der Waals surface area contributed by atoms with E-state index in [1.807, 2.05) is 6.08 Å². The lowest BCUT2D eigenvalue weighted by molar-refractivity contribution is 1.19. The predicted octanol–water partition coefficient (Wildman–Crippen LogP) is 3.42. The summed E-state index contributed by atoms with van der Waals surface area (Å²) in [6, 6.07) is 4.10. The second-order valence-corrected chi connectivity index (χ2v) is 8.00. The summed E-state index contributed by atoms with van der Waals surface area (Å²) in [5.41, 5.74) is 2.38. The molecule has 0 unspecified atom stereocenters. The average Bonchev–Trinajstić information content (AvgIpc) is 2.01. The van der Waals surface area contributed by atoms with Crippen molar-refractivity contribution in [1.29, 1.82) is 0 Å². The summed E-state index contributed by atoms with van der Waals surface area (Å²) in [6.45, 7) is 10.7. The SMILES string of the molecule is [CH2]C=C[Si](CC)(CC)CC. The fraction of sp³-hybridized carbons (Fsp3) is 0.667. The van der Waals surface area contributed by atoms with Crippen LogP contribution in [0, 0.1) is 6.92 Å². The van der Waals surface area contributed by atoms with E-state index in [0.29, 0.717) is 0 Å². The van der Waals surface area contributed by atoms with Gasteiger partial charge in [0.2, 0.25) is 0 Å². The van der Waals surface area contributed by atoms with Gasteiger partial charge in [-0.05, 0) is 6.92 Å². The van der Waals surface area contributed by atoms with Crippen LogP contribution in [-0.4, -0.2) is 8.07 Å². The minimum atomic E-state index is -0.960. The zero-order valence-corrected chi connectivity index (χ0v) is 8.48. The van der Waals surface area contributed by atoms with E-state index in [2.05, 4.69) is 33.4 Å². The van der Waals surface area contributed by atoms with Gasteiger partial charge in [-0.25, -0.2) is 0 Å². The Hall–Kier alpha value is -0.0431. The van der Waals surface area contributed by atoms with Crippen molar-refractivity contribution in [3.63, 3.8) is 0 Å². The Kier molecular flexibility index (Phi) is 4.70. The number of hydrogen-bond donors (Lipinski definition) is 0. The topological polar surface area (TPSA) is 0 Å². The van der Waals surface area contributed by atoms with Gasteiger partial charge in [0.1, 0.15) is 0 Å². The third kappa shape index (κ3) is 2.29. The van der Waals surface area contributed by atoms with Gasteiger partial charge in [0.15, 0.2) is 0 Å². The molecule has 0 aliphatic heterocycles. The van der Waals surface area contributed by atoms with Crippen LogP contribution < -0.4 is 0 Å². The van der Waals surface area contributed by atoms with E-state index in [4.69, 9.17) is 0 Å². The van der Waals surface area contributed by atoms with Crippen LogP contribution in [0.4, 0.5) is 0 Å². The summed E-state index contributed by atoms with van der Waals surface area (Å²) >= 11 is 0. The molecule has 0 atom stereocenters. The molecule has 0 fully saturated rings. The lowest BCUT2D eigenvalue weighted by Crippen LogP contribution is -2.28. The van der Waals surface area contributed by atoms with E-state index in [9.17, 15) is 0 Å². The van der Waals surface area contributed by atoms with Crippen LogP contribution in [0.15, 0.2) is 11.8 Å². The molecule has 0 rings (SSSR count). The highest BCUT2D eigenvalue weighted by Crippen LogP contribution is 2.20. The van der Waals surface area contributed by atoms with Gasteiger partial charge in [0, 0.05) is 0 Å². The molecular weight excluding hydrogens is 136 g/mol. The Morgan fingerprint density at radius 1 is 1.10 bits per heavy atom. The maximum absolute atomic E-state index is 3.77. The molecule has 0 amide bonds. The highest BCUT2D eigenvalue weighted by Gasteiger charge is 2.21. The molecule has 0 spiro atoms. The zero-order chi connectivity index (χ0) is 8.04. The van der Waals surface area contributed by atoms with E-state index in [1.54, 1.807) is 0 Å². The molecule has 0 N–H and O–H groups in total. The lowest BCUT2D eigenvalue weighted by Gasteiger charge is -2.23. The molecule has 0 saturated carbocycles. The summed E-state index contributed by atoms with van der Waals surface area (Å²) in [6.07, 6.45) is 1.99. The average molecular weight is 155 g/mol. The van der Waals surface area contributed by atoms with Crippen molar-refractivity contribution >= 4 is 8.07 Å². The van der Waals surface area contributed by atoms with Gasteiger partial charge in [-0.15, -0.1) is 0 Å². The third-order valence-electron chi connectivity index (χ3n) is 2.58. The smallest absolute Gasteiger partial charge is 0.0766 e. The summed E-state index contributed by atoms with van der Waals surface area (Å²) < 4.78 is 0. The summed E-state index contributed by atoms with van der Waals surface area (Å²) in [4.78, 5) is 0. The molecule has 0 aromatic rings. The first kappa shape index (κ1) is 9.96. The summed E-state index contributed by atoms with van der Waals surface area (Å²) in [7, 11) is -0.960. The van der Waals surface area contributed by atoms with Crippen LogP contribution in [0.3, 0.4) is 0 Å². The summed E-state index contributed by atoms with van der Waals surface area (Å²) in [5.74, 6) is 0. The molecule has 0 heterocycles. The van der Waals surface area contributed by atoms with E-state index >= 15 is 0 Å². The van der Waals surface area contributed by atoms with Gasteiger partial charge in [-0.1, -0.05) is 50.7 Å². The molecule has 1 heteroatoms. The Balaban J connectivity index is 4.15. The van der Waals surface area contributed by atoms with Gasteiger partial charge < -0.3 is 0 Å². The number of allylic oxidation sites excluding steroid dienone is 1. The maximum atomic E-state index is 3.77. The molecule has 10 heavy (non-hydrogen) atoms. The molecule has 0 aromatic heterocycles. The highest BCUT2D eigenvalue weighted by atomic mass is 28.3. The molecule has 0 aromatic carbocycles. The van der Waals surface area contributed by atoms with Crippen molar-refractivity contribution in [3.05, 3.63) is 18.7 Å². The molecule has 0 saturated heterocycles. The van der Waals surface area contributed by atoms with Gasteiger partial charge in [-0.3, -0.25) is 0 Å². The van der Waals surface area contributed by atoms with E-state index in [0.717, 1.165) is 0 Å². The number of hydrogen-bond acceptors (Lipinski definition) is 0. The molecule has 0 nitrogen and oxygen atoms in total. The molecule has 59 valence electrons. The monoisotopic (exact) mass is 155 g/mol. The van der Waals surface area contributed by atoms with Crippen LogP contribution in [0.1, 0.15) is 20.8 Å². The Morgan fingerprint density at radius 3 is 1.60 bits per heavy atom. The molecule has 0 bridgehead atoms. The van der Waals surface area contributed by atoms with Crippen LogP contribution in [0.2, 0.25) is 18.1 Å². The molecule has 1 radical (unpaired) electrons. The van der Waals surface area contributed by atoms with Gasteiger partial charge >= 0.3 is 0 Å². The second-order valence-electron chi connectivity index (χ2n) is 2.83. The fourth-order valence-electron chi connectivity index (χ4n) is 1.35. The Morgan fingerprint density at radius 2 is 1.50 bits per heavy atom. The molecule has 0 aliphatic rings. The van der Waals surface area contributed by atoms with Crippen molar-refractivity contribution in [2.24, 2.45) is 0 Å². The second kappa shape index (κ2) is 4.72. The molecule has 0 aliphatic carbocycles. The van der Waals surface area contributed by atoms with Gasteiger partial charge in [0.25, 0.3) is 0 Å². The van der Waals surface area contributed by atoms with Gasteiger partial charge in [-0.2, -0.15) is 0 Å². The number of rotatable bonds is 4. The van der Waals surface area contributed by atoms with Crippen LogP contribution in [0.5, 0.6) is 0 Å². The van der Waals surface area contributed by atoms with E-state index < -0.39 is 8.07 Å². The van der Waals surface area contributed by atoms with Crippen LogP contribution >= 0.6 is 0 Å². The first-order chi connectivity index (χ1) is 4.74. The largest absolute Gasteiger partial charge is 0.0981 e. The van der Waals surface area contributed by atoms with Crippen molar-refractivity contribution < 1.29 is 0 Å². The fourth-order valence-corrected chi connectivity index (χ4v) is 4.06. The first-order valence-electron chi connectivity index (χ1n) is 4.21. The van der Waals surface area contributed by atoms with E-state index in [1.165, 1.54) is 18.1 Å². The Bertz CT molecular complexity index is 93.0. The minimum Gasteiger partial charge on any atom is -0.0981 e. The predicted molar refractivity (Wildman–Crippen MR) is 51.7 cm³/mol. The van der Waals surface area contributed by atoms with Crippen LogP contribution in [-0.2, 0) is 0 Å². The van der Waals surface area contributed by atoms with Crippen LogP contribution in [0.25, 0.3) is 0 Å². The van der Waals surface area contributed by atoms with Gasteiger partial charge in [0.05, 0.1) is 8.07 Å². The lowest BCUT2D eigenvalue weighted by atomic mass is 10.8. The standard InChI is InChI=1S/C9H19Si/c1-5-9-10(6-2,7-3)8-4/h5,9H,1,6-8H2,2-4H3. The first-order valence-corrected chi connectivity index (χ1v) is 6.91. The van der Waals surface area contributed by atoms with Crippen molar-refractivity contribution in [2.75, 3.05) is 0 Å². The summed E-state index contributed by atoms with van der Waals surface area (Å²) in [5, 5.41) is 0. The quantitative estimate of drug-likeness (QED) is 0.546. The minimum absolute atomic E-state index is 0.960. The normalized spacial score (nSPS) is 12.8. The highest BCUT2D eigenvalue weighted by molar-refractivity contribution is 6.84.